The number of ether oxygens (including phenoxy) is 2. The zero-order valence-corrected chi connectivity index (χ0v) is 65.4. The van der Waals surface area contributed by atoms with Gasteiger partial charge in [0.2, 0.25) is 0 Å². The molecule has 10 fully saturated rings. The molecule has 10 unspecified atom stereocenters. The molecule has 108 heavy (non-hydrogen) atoms. The van der Waals surface area contributed by atoms with E-state index in [-0.39, 0.29) is 92.8 Å². The molecule has 4 aromatic rings. The monoisotopic (exact) mass is 1480 g/mol. The van der Waals surface area contributed by atoms with Gasteiger partial charge in [-0.25, -0.2) is 4.79 Å². The average molecular weight is 1490 g/mol. The molecule has 578 valence electrons. The minimum Gasteiger partial charge on any atom is -1.00 e. The number of likely N-dealkylation sites (N-methyl/N-ethyl adjacent to an activating group) is 4. The van der Waals surface area contributed by atoms with E-state index < -0.39 is 11.0 Å². The quantitative estimate of drug-likeness (QED) is 0.0816. The number of nitrogens with zero attached hydrogens (tertiary/aromatic N) is 9. The molecule has 2 N–H and O–H groups in total. The smallest absolute Gasteiger partial charge is 1.00 e. The van der Waals surface area contributed by atoms with Crippen molar-refractivity contribution in [1.29, 1.82) is 0 Å². The molecule has 0 radical (unpaired) electrons. The van der Waals surface area contributed by atoms with Crippen LogP contribution in [0.25, 0.3) is 0 Å². The van der Waals surface area contributed by atoms with Crippen molar-refractivity contribution in [2.75, 3.05) is 153 Å². The third-order valence-corrected chi connectivity index (χ3v) is 23.5. The van der Waals surface area contributed by atoms with Gasteiger partial charge in [-0.15, -0.1) is 6.42 Å². The zero-order chi connectivity index (χ0) is 75.1. The van der Waals surface area contributed by atoms with Gasteiger partial charge in [0.05, 0.1) is 26.6 Å². The molecular weight excluding hydrogens is 1360 g/mol. The summed E-state index contributed by atoms with van der Waals surface area (Å²) in [5, 5.41) is 13.1. The molecule has 10 aliphatic heterocycles. The SMILES string of the molecule is C.C#CC#CC#CC#CC#CC#CC.CCC12CCN(Cc3ccccc3)C1CN(C)C2.CCOC(=O)C12CCN(Cc3ccccc3)C1CN(C(=O)OC(C)(C)C)C2.CN1CC2N(Cc3ccccc3)CCC2(CF)C1.CN1CC2N(Cc3ccccc3)CCC2(CO)C1.CN1CC2NCCC2(CF)C1.[AlH3].[H-].[Li+]. The second-order valence-electron chi connectivity index (χ2n) is 31.9. The number of amides is 1. The number of terminal acetylenes is 1. The van der Waals surface area contributed by atoms with E-state index in [1.807, 2.05) is 52.0 Å². The van der Waals surface area contributed by atoms with Crippen LogP contribution in [0.3, 0.4) is 0 Å². The Kier molecular flexibility index (Phi) is 35.9. The molecule has 15 nitrogen and oxygen atoms in total. The molecule has 1 amide bonds. The van der Waals surface area contributed by atoms with E-state index in [4.69, 9.17) is 15.9 Å². The van der Waals surface area contributed by atoms with E-state index in [0.717, 1.165) is 117 Å². The van der Waals surface area contributed by atoms with Gasteiger partial charge in [-0.05, 0) is 209 Å². The summed E-state index contributed by atoms with van der Waals surface area (Å²) in [6, 6.07) is 44.4. The Balaban J connectivity index is 0.000000237. The number of aliphatic hydroxyl groups is 1. The normalized spacial score (nSPS) is 27.8. The van der Waals surface area contributed by atoms with Gasteiger partial charge >= 0.3 is 30.9 Å². The number of rotatable bonds is 14. The van der Waals surface area contributed by atoms with Crippen molar-refractivity contribution in [3.05, 3.63) is 144 Å². The van der Waals surface area contributed by atoms with Gasteiger partial charge in [0.1, 0.15) is 11.0 Å². The number of alkyl halides is 2. The molecule has 10 aliphatic rings. The number of hydrogen-bond acceptors (Lipinski definition) is 14. The summed E-state index contributed by atoms with van der Waals surface area (Å²) in [6.07, 6.45) is 11.1. The molecule has 10 atom stereocenters. The first-order chi connectivity index (χ1) is 50.6. The van der Waals surface area contributed by atoms with E-state index in [2.05, 4.69) is 242 Å². The Labute approximate surface area is 672 Å². The number of aliphatic hydroxyl groups excluding tert-OH is 1. The van der Waals surface area contributed by atoms with E-state index in [1.165, 1.54) is 54.7 Å². The molecular formula is C89H124AlF2LiN10O5. The Hall–Kier alpha value is -6.43. The molecule has 0 saturated carbocycles. The number of halogens is 2. The summed E-state index contributed by atoms with van der Waals surface area (Å²) < 4.78 is 37.2. The van der Waals surface area contributed by atoms with E-state index in [1.54, 1.807) is 11.8 Å². The number of fused-ring (bicyclic) bond motifs is 5. The van der Waals surface area contributed by atoms with Gasteiger partial charge in [-0.3, -0.25) is 33.2 Å². The van der Waals surface area contributed by atoms with Crippen molar-refractivity contribution in [1.82, 2.24) is 49.4 Å². The van der Waals surface area contributed by atoms with Crippen molar-refractivity contribution in [2.24, 2.45) is 27.1 Å². The Morgan fingerprint density at radius 2 is 0.917 bits per heavy atom. The second-order valence-corrected chi connectivity index (χ2v) is 31.9. The van der Waals surface area contributed by atoms with Gasteiger partial charge in [0, 0.05) is 150 Å². The number of nitrogens with one attached hydrogen (secondary N) is 1. The largest absolute Gasteiger partial charge is 1.00 e. The summed E-state index contributed by atoms with van der Waals surface area (Å²) in [5.74, 6) is 26.7. The number of esters is 1. The zero-order valence-electron chi connectivity index (χ0n) is 66.4. The second kappa shape index (κ2) is 42.8. The number of hydrogen-bond donors (Lipinski definition) is 2. The van der Waals surface area contributed by atoms with Crippen LogP contribution in [0.2, 0.25) is 0 Å². The van der Waals surface area contributed by atoms with Crippen LogP contribution in [-0.2, 0) is 40.4 Å². The number of likely N-dealkylation sites (tertiary alicyclic amines) is 9. The van der Waals surface area contributed by atoms with Crippen molar-refractivity contribution >= 4 is 29.4 Å². The molecule has 10 saturated heterocycles. The topological polar surface area (TPSA) is 114 Å². The fourth-order valence-corrected chi connectivity index (χ4v) is 18.3. The molecule has 0 aliphatic carbocycles. The summed E-state index contributed by atoms with van der Waals surface area (Å²) in [4.78, 5) is 46.6. The standard InChI is InChI=1S/C21H30N2O4.C16H24N2.C15H21FN2.C15H22N2O.C13H4.C8H15FN2.CH4.Al.Li.4H/c1-5-26-18(24)21-11-12-22(13-16-9-7-6-8-10-16)17(21)14-23(15-21)19(25)27-20(2,3)4;1-3-16-9-10-18(15(16)12-17(2)13-16)11-14-7-5-4-6-8-14;1-17-10-14-15(11-16,12-17)7-8-18(14)9-13-5-3-2-4-6-13;1-16-10-14-15(11-16,12-18)7-8-17(14)9-13-5-3-2-4-6-13;1-3-5-7-9-11-13-12-10-8-6-4-2;1-11-4-7-8(5-9,6-11)2-3-10-7;;;;;;;/h6-10,17H,5,11-15H2,1-4H3;4-8,15H,3,9-13H2,1-2H3;2-6,14H,7-12H2,1H3;2-6,14,18H,7-12H2,1H3;1H,2H3;7,10H,2-6H2,1H3;1H4;;;;;;/q;;;;;;;;+1;;;;-1. The first-order valence-electron chi connectivity index (χ1n) is 38.0. The minimum atomic E-state index is -0.665. The van der Waals surface area contributed by atoms with Crippen LogP contribution in [0.5, 0.6) is 0 Å². The molecule has 14 rings (SSSR count). The van der Waals surface area contributed by atoms with Crippen LogP contribution in [0.15, 0.2) is 121 Å². The van der Waals surface area contributed by atoms with Gasteiger partial charge in [0.15, 0.2) is 17.4 Å². The molecule has 19 heteroatoms. The van der Waals surface area contributed by atoms with E-state index in [9.17, 15) is 23.5 Å². The third kappa shape index (κ3) is 23.3. The van der Waals surface area contributed by atoms with Crippen molar-refractivity contribution in [3.8, 4) is 71.5 Å². The van der Waals surface area contributed by atoms with Crippen LogP contribution in [0.1, 0.15) is 111 Å². The van der Waals surface area contributed by atoms with Crippen LogP contribution >= 0.6 is 0 Å². The molecule has 0 spiro atoms. The van der Waals surface area contributed by atoms with Crippen molar-refractivity contribution < 1.29 is 53.2 Å². The van der Waals surface area contributed by atoms with Gasteiger partial charge < -0.3 is 45.8 Å². The number of carbonyl (C=O) groups excluding carboxylic acids is 2. The first kappa shape index (κ1) is 90.5. The van der Waals surface area contributed by atoms with Crippen LogP contribution in [-0.4, -0.2) is 267 Å². The van der Waals surface area contributed by atoms with E-state index >= 15 is 0 Å². The maximum atomic E-state index is 13.5. The summed E-state index contributed by atoms with van der Waals surface area (Å²) in [7, 11) is 8.61. The van der Waals surface area contributed by atoms with Gasteiger partial charge in [-0.1, -0.05) is 142 Å². The summed E-state index contributed by atoms with van der Waals surface area (Å²) >= 11 is 0. The number of carbonyl (C=O) groups is 2. The van der Waals surface area contributed by atoms with Gasteiger partial charge in [-0.2, -0.15) is 0 Å². The summed E-state index contributed by atoms with van der Waals surface area (Å²) in [5.41, 5.74) is 4.72. The molecule has 0 aromatic heterocycles. The van der Waals surface area contributed by atoms with Crippen molar-refractivity contribution in [2.45, 2.75) is 149 Å². The van der Waals surface area contributed by atoms with Crippen molar-refractivity contribution in [3.63, 3.8) is 0 Å². The summed E-state index contributed by atoms with van der Waals surface area (Å²) in [6.45, 7) is 30.3. The van der Waals surface area contributed by atoms with E-state index in [0.29, 0.717) is 56.3 Å². The molecule has 0 bridgehead atoms. The van der Waals surface area contributed by atoms with Crippen LogP contribution in [0, 0.1) is 98.6 Å². The maximum Gasteiger partial charge on any atom is 1.00 e. The Bertz CT molecular complexity index is 3660. The van der Waals surface area contributed by atoms with Gasteiger partial charge in [0.25, 0.3) is 0 Å². The Morgan fingerprint density at radius 1 is 0.537 bits per heavy atom. The van der Waals surface area contributed by atoms with Crippen LogP contribution in [0.4, 0.5) is 13.6 Å². The number of benzene rings is 4. The average Bonchev–Trinajstić information content (AvgIpc) is 1.40. The predicted octanol–water partition coefficient (Wildman–Crippen LogP) is 6.49. The first-order valence-corrected chi connectivity index (χ1v) is 38.0. The Morgan fingerprint density at radius 3 is 1.33 bits per heavy atom. The fraction of sp³-hybridized carbons (Fsp3) is 0.573. The maximum absolute atomic E-state index is 13.5. The fourth-order valence-electron chi connectivity index (χ4n) is 18.3. The molecule has 10 heterocycles. The predicted molar refractivity (Wildman–Crippen MR) is 435 cm³/mol. The minimum absolute atomic E-state index is 0. The van der Waals surface area contributed by atoms with Crippen LogP contribution < -0.4 is 24.2 Å². The molecule has 4 aromatic carbocycles. The third-order valence-electron chi connectivity index (χ3n) is 23.5.